The molecule has 2 aromatic rings. The predicted molar refractivity (Wildman–Crippen MR) is 72.5 cm³/mol. The first-order chi connectivity index (χ1) is 9.06. The molecule has 0 aliphatic heterocycles. The molecule has 0 saturated heterocycles. The topological polar surface area (TPSA) is 81.0 Å². The molecule has 0 amide bonds. The van der Waals surface area contributed by atoms with Crippen LogP contribution in [-0.2, 0) is 6.54 Å². The second kappa shape index (κ2) is 5.81. The minimum atomic E-state index is -0.531. The molecule has 19 heavy (non-hydrogen) atoms. The van der Waals surface area contributed by atoms with Gasteiger partial charge in [-0.25, -0.2) is 9.97 Å². The molecule has 1 aromatic heterocycles. The summed E-state index contributed by atoms with van der Waals surface area (Å²) in [6.45, 7) is 0.413. The van der Waals surface area contributed by atoms with E-state index >= 15 is 0 Å². The van der Waals surface area contributed by atoms with Gasteiger partial charge in [-0.3, -0.25) is 10.1 Å². The van der Waals surface area contributed by atoms with Gasteiger partial charge < -0.3 is 5.32 Å². The van der Waals surface area contributed by atoms with E-state index in [9.17, 15) is 10.1 Å². The van der Waals surface area contributed by atoms with Gasteiger partial charge in [0.05, 0.1) is 17.2 Å². The van der Waals surface area contributed by atoms with Crippen molar-refractivity contribution in [3.63, 3.8) is 0 Å². The van der Waals surface area contributed by atoms with E-state index in [4.69, 9.17) is 23.2 Å². The molecule has 2 rings (SSSR count). The Bertz CT molecular complexity index is 621. The molecule has 8 heteroatoms. The van der Waals surface area contributed by atoms with Crippen LogP contribution in [0.1, 0.15) is 5.69 Å². The summed E-state index contributed by atoms with van der Waals surface area (Å²) in [5.41, 5.74) is 1.23. The molecule has 0 aliphatic rings. The number of anilines is 1. The lowest BCUT2D eigenvalue weighted by Crippen LogP contribution is -2.02. The van der Waals surface area contributed by atoms with Crippen molar-refractivity contribution in [2.24, 2.45) is 0 Å². The van der Waals surface area contributed by atoms with E-state index in [2.05, 4.69) is 15.3 Å². The van der Waals surface area contributed by atoms with E-state index in [0.717, 1.165) is 0 Å². The average Bonchev–Trinajstić information content (AvgIpc) is 2.36. The highest BCUT2D eigenvalue weighted by Gasteiger charge is 2.11. The van der Waals surface area contributed by atoms with Gasteiger partial charge in [-0.15, -0.1) is 0 Å². The SMILES string of the molecule is O=[N+]([O-])c1ccc(NCc2cc(Cl)ncn2)cc1Cl. The third kappa shape index (κ3) is 3.52. The van der Waals surface area contributed by atoms with Gasteiger partial charge in [0.1, 0.15) is 16.5 Å². The maximum atomic E-state index is 10.6. The average molecular weight is 299 g/mol. The first-order valence-corrected chi connectivity index (χ1v) is 5.96. The Morgan fingerprint density at radius 3 is 2.68 bits per heavy atom. The van der Waals surface area contributed by atoms with Crippen LogP contribution in [0.15, 0.2) is 30.6 Å². The lowest BCUT2D eigenvalue weighted by molar-refractivity contribution is -0.384. The third-order valence-corrected chi connectivity index (χ3v) is 2.82. The predicted octanol–water partition coefficient (Wildman–Crippen LogP) is 3.30. The standard InChI is InChI=1S/C11H8Cl2N4O2/c12-9-3-7(1-2-10(9)17(18)19)14-5-8-4-11(13)16-6-15-8/h1-4,6,14H,5H2. The molecule has 1 heterocycles. The minimum absolute atomic E-state index is 0.0794. The maximum Gasteiger partial charge on any atom is 0.288 e. The van der Waals surface area contributed by atoms with Crippen molar-refractivity contribution in [1.29, 1.82) is 0 Å². The second-order valence-electron chi connectivity index (χ2n) is 3.61. The van der Waals surface area contributed by atoms with E-state index in [1.54, 1.807) is 12.1 Å². The number of rotatable bonds is 4. The quantitative estimate of drug-likeness (QED) is 0.532. The van der Waals surface area contributed by atoms with Crippen LogP contribution in [0.3, 0.4) is 0 Å². The first kappa shape index (κ1) is 13.5. The van der Waals surface area contributed by atoms with Crippen LogP contribution in [0.4, 0.5) is 11.4 Å². The Labute approximate surface area is 118 Å². The molecule has 0 atom stereocenters. The van der Waals surface area contributed by atoms with Gasteiger partial charge in [0.2, 0.25) is 0 Å². The van der Waals surface area contributed by atoms with Gasteiger partial charge in [-0.1, -0.05) is 23.2 Å². The van der Waals surface area contributed by atoms with Gasteiger partial charge in [-0.05, 0) is 18.2 Å². The van der Waals surface area contributed by atoms with Crippen LogP contribution >= 0.6 is 23.2 Å². The number of halogens is 2. The Morgan fingerprint density at radius 2 is 2.05 bits per heavy atom. The van der Waals surface area contributed by atoms with Crippen LogP contribution in [0.2, 0.25) is 10.2 Å². The zero-order valence-corrected chi connectivity index (χ0v) is 11.0. The number of hydrogen-bond donors (Lipinski definition) is 1. The zero-order chi connectivity index (χ0) is 13.8. The summed E-state index contributed by atoms with van der Waals surface area (Å²) in [5.74, 6) is 0. The summed E-state index contributed by atoms with van der Waals surface area (Å²) in [7, 11) is 0. The fraction of sp³-hybridized carbons (Fsp3) is 0.0909. The summed E-state index contributed by atoms with van der Waals surface area (Å²) < 4.78 is 0. The molecule has 0 spiro atoms. The molecule has 0 bridgehead atoms. The summed E-state index contributed by atoms with van der Waals surface area (Å²) in [6, 6.07) is 6.04. The summed E-state index contributed by atoms with van der Waals surface area (Å²) in [4.78, 5) is 17.9. The molecule has 6 nitrogen and oxygen atoms in total. The lowest BCUT2D eigenvalue weighted by atomic mass is 10.2. The summed E-state index contributed by atoms with van der Waals surface area (Å²) in [5, 5.41) is 14.1. The number of nitro groups is 1. The Kier molecular flexibility index (Phi) is 4.13. The first-order valence-electron chi connectivity index (χ1n) is 5.20. The Morgan fingerprint density at radius 1 is 1.26 bits per heavy atom. The largest absolute Gasteiger partial charge is 0.379 e. The van der Waals surface area contributed by atoms with Crippen molar-refractivity contribution in [3.05, 3.63) is 56.6 Å². The lowest BCUT2D eigenvalue weighted by Gasteiger charge is -2.06. The molecule has 0 radical (unpaired) electrons. The van der Waals surface area contributed by atoms with Crippen molar-refractivity contribution < 1.29 is 4.92 Å². The normalized spacial score (nSPS) is 10.2. The van der Waals surface area contributed by atoms with Crippen LogP contribution in [0.5, 0.6) is 0 Å². The number of nitro benzene ring substituents is 1. The zero-order valence-electron chi connectivity index (χ0n) is 9.51. The number of benzene rings is 1. The van der Waals surface area contributed by atoms with Crippen LogP contribution in [-0.4, -0.2) is 14.9 Å². The van der Waals surface area contributed by atoms with Crippen molar-refractivity contribution in [2.45, 2.75) is 6.54 Å². The summed E-state index contributed by atoms with van der Waals surface area (Å²) in [6.07, 6.45) is 1.36. The number of hydrogen-bond acceptors (Lipinski definition) is 5. The highest BCUT2D eigenvalue weighted by atomic mass is 35.5. The van der Waals surface area contributed by atoms with Crippen LogP contribution in [0.25, 0.3) is 0 Å². The molecular formula is C11H8Cl2N4O2. The van der Waals surface area contributed by atoms with Crippen molar-refractivity contribution in [1.82, 2.24) is 9.97 Å². The van der Waals surface area contributed by atoms with Gasteiger partial charge in [0.15, 0.2) is 0 Å². The van der Waals surface area contributed by atoms with Crippen molar-refractivity contribution >= 4 is 34.6 Å². The smallest absolute Gasteiger partial charge is 0.288 e. The van der Waals surface area contributed by atoms with Gasteiger partial charge in [0, 0.05) is 11.8 Å². The summed E-state index contributed by atoms with van der Waals surface area (Å²) >= 11 is 11.5. The molecular weight excluding hydrogens is 291 g/mol. The van der Waals surface area contributed by atoms with E-state index in [1.165, 1.54) is 18.5 Å². The molecule has 98 valence electrons. The maximum absolute atomic E-state index is 10.6. The van der Waals surface area contributed by atoms with Crippen LogP contribution < -0.4 is 5.32 Å². The van der Waals surface area contributed by atoms with E-state index in [-0.39, 0.29) is 10.7 Å². The van der Waals surface area contributed by atoms with Crippen molar-refractivity contribution in [3.8, 4) is 0 Å². The number of nitrogens with zero attached hydrogens (tertiary/aromatic N) is 3. The molecule has 0 unspecified atom stereocenters. The highest BCUT2D eigenvalue weighted by molar-refractivity contribution is 6.32. The van der Waals surface area contributed by atoms with E-state index < -0.39 is 4.92 Å². The van der Waals surface area contributed by atoms with E-state index in [0.29, 0.717) is 23.1 Å². The fourth-order valence-corrected chi connectivity index (χ4v) is 1.84. The van der Waals surface area contributed by atoms with Crippen molar-refractivity contribution in [2.75, 3.05) is 5.32 Å². The molecule has 1 aromatic carbocycles. The molecule has 0 saturated carbocycles. The monoisotopic (exact) mass is 298 g/mol. The third-order valence-electron chi connectivity index (χ3n) is 2.31. The van der Waals surface area contributed by atoms with Crippen LogP contribution in [0, 0.1) is 10.1 Å². The fourth-order valence-electron chi connectivity index (χ4n) is 1.42. The van der Waals surface area contributed by atoms with Gasteiger partial charge in [0.25, 0.3) is 5.69 Å². The molecule has 0 aliphatic carbocycles. The van der Waals surface area contributed by atoms with Gasteiger partial charge >= 0.3 is 0 Å². The number of nitrogens with one attached hydrogen (secondary N) is 1. The Balaban J connectivity index is 2.08. The second-order valence-corrected chi connectivity index (χ2v) is 4.40. The number of aromatic nitrogens is 2. The highest BCUT2D eigenvalue weighted by Crippen LogP contribution is 2.27. The molecule has 0 fully saturated rings. The molecule has 1 N–H and O–H groups in total. The van der Waals surface area contributed by atoms with E-state index in [1.807, 2.05) is 0 Å². The minimum Gasteiger partial charge on any atom is -0.379 e. The van der Waals surface area contributed by atoms with Gasteiger partial charge in [-0.2, -0.15) is 0 Å². The Hall–Kier alpha value is -1.92.